The van der Waals surface area contributed by atoms with Gasteiger partial charge in [0, 0.05) is 24.3 Å². The predicted octanol–water partition coefficient (Wildman–Crippen LogP) is 5.14. The van der Waals surface area contributed by atoms with Crippen LogP contribution in [0.1, 0.15) is 46.3 Å². The van der Waals surface area contributed by atoms with Gasteiger partial charge >= 0.3 is 0 Å². The van der Waals surface area contributed by atoms with Gasteiger partial charge in [0.15, 0.2) is 6.29 Å². The number of imidazole rings is 1. The Balaban J connectivity index is 1.73. The SMILES string of the molecule is Cc1noc(C)c1-c1cc(C=O)c2ncn(C(c3ccccc3)C3CCOCC3)c2c1. The van der Waals surface area contributed by atoms with Gasteiger partial charge in [-0.25, -0.2) is 4.98 Å². The molecule has 3 heterocycles. The molecule has 6 heteroatoms. The average Bonchev–Trinajstić information content (AvgIpc) is 3.37. The van der Waals surface area contributed by atoms with Crippen LogP contribution in [0.25, 0.3) is 22.2 Å². The van der Waals surface area contributed by atoms with E-state index in [-0.39, 0.29) is 6.04 Å². The van der Waals surface area contributed by atoms with Gasteiger partial charge in [0.05, 0.1) is 29.1 Å². The summed E-state index contributed by atoms with van der Waals surface area (Å²) < 4.78 is 13.2. The van der Waals surface area contributed by atoms with Crippen molar-refractivity contribution in [2.24, 2.45) is 5.92 Å². The Kier molecular flexibility index (Phi) is 5.16. The third-order valence-corrected chi connectivity index (χ3v) is 6.31. The van der Waals surface area contributed by atoms with E-state index < -0.39 is 0 Å². The van der Waals surface area contributed by atoms with E-state index >= 15 is 0 Å². The maximum atomic E-state index is 12.0. The van der Waals surface area contributed by atoms with Crippen LogP contribution < -0.4 is 0 Å². The standard InChI is InChI=1S/C25H25N3O3/c1-16-23(17(2)31-27-16)20-12-21(14-29)24-22(13-20)28(15-26-24)25(18-6-4-3-5-7-18)19-8-10-30-11-9-19/h3-7,12-15,19,25H,8-11H2,1-2H3. The molecule has 1 aliphatic rings. The number of fused-ring (bicyclic) bond motifs is 1. The number of carbonyl (C=O) groups excluding carboxylic acids is 1. The number of rotatable bonds is 5. The molecule has 0 radical (unpaired) electrons. The fraction of sp³-hybridized carbons (Fsp3) is 0.320. The molecule has 158 valence electrons. The monoisotopic (exact) mass is 415 g/mol. The first-order valence-corrected chi connectivity index (χ1v) is 10.7. The average molecular weight is 415 g/mol. The normalized spacial score (nSPS) is 15.9. The molecule has 1 aliphatic heterocycles. The molecule has 0 saturated carbocycles. The van der Waals surface area contributed by atoms with Crippen LogP contribution in [-0.4, -0.2) is 34.2 Å². The summed E-state index contributed by atoms with van der Waals surface area (Å²) >= 11 is 0. The van der Waals surface area contributed by atoms with Gasteiger partial charge in [-0.15, -0.1) is 0 Å². The van der Waals surface area contributed by atoms with E-state index in [1.165, 1.54) is 5.56 Å². The molecule has 0 bridgehead atoms. The predicted molar refractivity (Wildman–Crippen MR) is 118 cm³/mol. The highest BCUT2D eigenvalue weighted by molar-refractivity contribution is 5.98. The molecule has 1 atom stereocenters. The van der Waals surface area contributed by atoms with Crippen molar-refractivity contribution in [2.75, 3.05) is 13.2 Å². The third-order valence-electron chi connectivity index (χ3n) is 6.31. The second-order valence-electron chi connectivity index (χ2n) is 8.21. The van der Waals surface area contributed by atoms with Crippen molar-refractivity contribution >= 4 is 17.3 Å². The summed E-state index contributed by atoms with van der Waals surface area (Å²) in [5.74, 6) is 1.17. The first-order chi connectivity index (χ1) is 15.2. The van der Waals surface area contributed by atoms with Crippen molar-refractivity contribution in [3.63, 3.8) is 0 Å². The zero-order valence-corrected chi connectivity index (χ0v) is 17.7. The Labute approximate surface area is 180 Å². The summed E-state index contributed by atoms with van der Waals surface area (Å²) in [5, 5.41) is 4.09. The van der Waals surface area contributed by atoms with Crippen molar-refractivity contribution in [3.8, 4) is 11.1 Å². The minimum atomic E-state index is 0.120. The molecule has 0 amide bonds. The maximum absolute atomic E-state index is 12.0. The van der Waals surface area contributed by atoms with Crippen LogP contribution in [0.4, 0.5) is 0 Å². The second-order valence-corrected chi connectivity index (χ2v) is 8.21. The van der Waals surface area contributed by atoms with Crippen LogP contribution in [0.5, 0.6) is 0 Å². The van der Waals surface area contributed by atoms with Crippen molar-refractivity contribution in [1.82, 2.24) is 14.7 Å². The number of hydrogen-bond acceptors (Lipinski definition) is 5. The highest BCUT2D eigenvalue weighted by Crippen LogP contribution is 2.38. The summed E-state index contributed by atoms with van der Waals surface area (Å²) in [6.07, 6.45) is 4.74. The molecule has 31 heavy (non-hydrogen) atoms. The van der Waals surface area contributed by atoms with Gasteiger partial charge in [-0.2, -0.15) is 0 Å². The Morgan fingerprint density at radius 3 is 2.58 bits per heavy atom. The third kappa shape index (κ3) is 3.47. The van der Waals surface area contributed by atoms with Crippen molar-refractivity contribution in [2.45, 2.75) is 32.7 Å². The van der Waals surface area contributed by atoms with Crippen LogP contribution in [0.2, 0.25) is 0 Å². The summed E-state index contributed by atoms with van der Waals surface area (Å²) in [5.41, 5.74) is 6.14. The Hall–Kier alpha value is -3.25. The fourth-order valence-electron chi connectivity index (χ4n) is 4.85. The lowest BCUT2D eigenvalue weighted by atomic mass is 9.86. The van der Waals surface area contributed by atoms with E-state index in [2.05, 4.69) is 45.0 Å². The lowest BCUT2D eigenvalue weighted by molar-refractivity contribution is 0.0547. The first-order valence-electron chi connectivity index (χ1n) is 10.7. The summed E-state index contributed by atoms with van der Waals surface area (Å²) in [6, 6.07) is 14.6. The van der Waals surface area contributed by atoms with Gasteiger partial charge in [0.2, 0.25) is 0 Å². The van der Waals surface area contributed by atoms with Gasteiger partial charge in [-0.05, 0) is 55.9 Å². The number of aryl methyl sites for hydroxylation is 2. The van der Waals surface area contributed by atoms with E-state index in [0.717, 1.165) is 66.0 Å². The van der Waals surface area contributed by atoms with Gasteiger partial charge in [0.25, 0.3) is 0 Å². The summed E-state index contributed by atoms with van der Waals surface area (Å²) in [6.45, 7) is 5.35. The largest absolute Gasteiger partial charge is 0.381 e. The molecule has 0 aliphatic carbocycles. The number of benzene rings is 2. The highest BCUT2D eigenvalue weighted by atomic mass is 16.5. The molecule has 5 rings (SSSR count). The molecular weight excluding hydrogens is 390 g/mol. The molecule has 6 nitrogen and oxygen atoms in total. The Bertz CT molecular complexity index is 1200. The number of aldehydes is 1. The molecule has 4 aromatic rings. The van der Waals surface area contributed by atoms with Crippen LogP contribution in [0.15, 0.2) is 53.3 Å². The molecule has 2 aromatic heterocycles. The molecule has 1 unspecified atom stereocenters. The van der Waals surface area contributed by atoms with Crippen LogP contribution >= 0.6 is 0 Å². The zero-order valence-electron chi connectivity index (χ0n) is 17.7. The lowest BCUT2D eigenvalue weighted by Crippen LogP contribution is -2.26. The number of nitrogens with zero attached hydrogens (tertiary/aromatic N) is 3. The topological polar surface area (TPSA) is 70.2 Å². The minimum absolute atomic E-state index is 0.120. The van der Waals surface area contributed by atoms with E-state index in [1.54, 1.807) is 0 Å². The van der Waals surface area contributed by atoms with Crippen LogP contribution in [-0.2, 0) is 4.74 Å². The number of hydrogen-bond donors (Lipinski definition) is 0. The Morgan fingerprint density at radius 1 is 1.13 bits per heavy atom. The van der Waals surface area contributed by atoms with E-state index in [4.69, 9.17) is 9.26 Å². The van der Waals surface area contributed by atoms with Gasteiger partial charge in [0.1, 0.15) is 5.76 Å². The van der Waals surface area contributed by atoms with Crippen LogP contribution in [0.3, 0.4) is 0 Å². The highest BCUT2D eigenvalue weighted by Gasteiger charge is 2.29. The maximum Gasteiger partial charge on any atom is 0.152 e. The fourth-order valence-corrected chi connectivity index (χ4v) is 4.85. The molecule has 1 fully saturated rings. The summed E-state index contributed by atoms with van der Waals surface area (Å²) in [4.78, 5) is 16.6. The first kappa shape index (κ1) is 19.7. The van der Waals surface area contributed by atoms with E-state index in [1.807, 2.05) is 32.3 Å². The zero-order chi connectivity index (χ0) is 21.4. The molecule has 0 N–H and O–H groups in total. The minimum Gasteiger partial charge on any atom is -0.381 e. The van der Waals surface area contributed by atoms with Crippen molar-refractivity contribution in [1.29, 1.82) is 0 Å². The van der Waals surface area contributed by atoms with Crippen molar-refractivity contribution in [3.05, 3.63) is 71.4 Å². The van der Waals surface area contributed by atoms with Gasteiger partial charge in [-0.3, -0.25) is 4.79 Å². The van der Waals surface area contributed by atoms with Gasteiger partial charge < -0.3 is 13.8 Å². The Morgan fingerprint density at radius 2 is 1.90 bits per heavy atom. The lowest BCUT2D eigenvalue weighted by Gasteiger charge is -2.32. The van der Waals surface area contributed by atoms with Crippen LogP contribution in [0, 0.1) is 19.8 Å². The smallest absolute Gasteiger partial charge is 0.152 e. The second kappa shape index (κ2) is 8.12. The van der Waals surface area contributed by atoms with Gasteiger partial charge in [-0.1, -0.05) is 35.5 Å². The number of carbonyl (C=O) groups is 1. The van der Waals surface area contributed by atoms with E-state index in [9.17, 15) is 4.79 Å². The molecule has 1 saturated heterocycles. The molecule has 2 aromatic carbocycles. The number of aromatic nitrogens is 3. The molecular formula is C25H25N3O3. The summed E-state index contributed by atoms with van der Waals surface area (Å²) in [7, 11) is 0. The van der Waals surface area contributed by atoms with Crippen molar-refractivity contribution < 1.29 is 14.1 Å². The van der Waals surface area contributed by atoms with E-state index in [0.29, 0.717) is 11.5 Å². The molecule has 0 spiro atoms. The quantitative estimate of drug-likeness (QED) is 0.422. The number of ether oxygens (including phenoxy) is 1.